The van der Waals surface area contributed by atoms with Crippen LogP contribution in [0.15, 0.2) is 40.6 Å². The Labute approximate surface area is 169 Å². The van der Waals surface area contributed by atoms with E-state index < -0.39 is 10.0 Å². The first-order chi connectivity index (χ1) is 13.3. The van der Waals surface area contributed by atoms with Gasteiger partial charge in [0, 0.05) is 31.7 Å². The van der Waals surface area contributed by atoms with Gasteiger partial charge in [-0.3, -0.25) is 9.59 Å². The Morgan fingerprint density at radius 3 is 2.46 bits per heavy atom. The van der Waals surface area contributed by atoms with Crippen LogP contribution < -0.4 is 10.6 Å². The highest BCUT2D eigenvalue weighted by atomic mass is 32.2. The van der Waals surface area contributed by atoms with E-state index in [2.05, 4.69) is 10.6 Å². The molecule has 1 aromatic heterocycles. The van der Waals surface area contributed by atoms with E-state index in [1.54, 1.807) is 45.0 Å². The lowest BCUT2D eigenvalue weighted by Gasteiger charge is -2.19. The summed E-state index contributed by atoms with van der Waals surface area (Å²) in [4.78, 5) is 24.8. The minimum Gasteiger partial charge on any atom is -0.351 e. The van der Waals surface area contributed by atoms with Crippen LogP contribution in [0, 0.1) is 6.92 Å². The van der Waals surface area contributed by atoms with Crippen molar-refractivity contribution in [3.05, 3.63) is 46.2 Å². The highest BCUT2D eigenvalue weighted by Crippen LogP contribution is 2.23. The molecule has 0 saturated carbocycles. The van der Waals surface area contributed by atoms with Crippen molar-refractivity contribution in [1.82, 2.24) is 9.62 Å². The summed E-state index contributed by atoms with van der Waals surface area (Å²) in [5, 5.41) is 7.23. The Balaban J connectivity index is 2.01. The number of carbonyl (C=O) groups is 2. The Hall–Kier alpha value is -2.23. The van der Waals surface area contributed by atoms with Gasteiger partial charge in [-0.25, -0.2) is 8.42 Å². The number of nitrogens with one attached hydrogen (secondary N) is 2. The molecule has 0 saturated heterocycles. The maximum atomic E-state index is 12.7. The molecule has 2 aromatic rings. The fourth-order valence-electron chi connectivity index (χ4n) is 2.61. The highest BCUT2D eigenvalue weighted by Gasteiger charge is 2.22. The molecule has 2 rings (SSSR count). The average molecular weight is 424 g/mol. The number of rotatable bonds is 9. The lowest BCUT2D eigenvalue weighted by molar-refractivity contribution is -0.116. The molecule has 0 aliphatic rings. The molecule has 2 N–H and O–H groups in total. The molecule has 7 nitrogen and oxygen atoms in total. The third-order valence-electron chi connectivity index (χ3n) is 4.21. The standard InChI is InChI=1S/C19H25N3O4S2/c1-4-22(5-2)28(25,26)15-9-8-14(3)16(13-15)21-18(23)10-11-20-19(24)17-7-6-12-27-17/h6-9,12-13H,4-5,10-11H2,1-3H3,(H,20,24)(H,21,23). The number of hydrogen-bond acceptors (Lipinski definition) is 5. The molecule has 1 aromatic carbocycles. The Morgan fingerprint density at radius 1 is 1.14 bits per heavy atom. The van der Waals surface area contributed by atoms with Crippen molar-refractivity contribution in [2.75, 3.05) is 25.0 Å². The molecular formula is C19H25N3O4S2. The second-order valence-electron chi connectivity index (χ2n) is 6.10. The molecule has 0 aliphatic heterocycles. The molecule has 0 aliphatic carbocycles. The Bertz CT molecular complexity index is 921. The largest absolute Gasteiger partial charge is 0.351 e. The van der Waals surface area contributed by atoms with E-state index in [9.17, 15) is 18.0 Å². The summed E-state index contributed by atoms with van der Waals surface area (Å²) in [5.41, 5.74) is 1.21. The molecule has 0 radical (unpaired) electrons. The zero-order chi connectivity index (χ0) is 20.7. The fraction of sp³-hybridized carbons (Fsp3) is 0.368. The van der Waals surface area contributed by atoms with E-state index in [1.807, 2.05) is 5.38 Å². The van der Waals surface area contributed by atoms with Gasteiger partial charge < -0.3 is 10.6 Å². The third kappa shape index (κ3) is 5.40. The highest BCUT2D eigenvalue weighted by molar-refractivity contribution is 7.89. The van der Waals surface area contributed by atoms with Gasteiger partial charge in [-0.05, 0) is 36.1 Å². The molecule has 28 heavy (non-hydrogen) atoms. The van der Waals surface area contributed by atoms with Crippen LogP contribution in [0.4, 0.5) is 5.69 Å². The van der Waals surface area contributed by atoms with Crippen molar-refractivity contribution >= 4 is 38.9 Å². The second-order valence-corrected chi connectivity index (χ2v) is 8.98. The summed E-state index contributed by atoms with van der Waals surface area (Å²) >= 11 is 1.33. The molecule has 152 valence electrons. The first-order valence-corrected chi connectivity index (χ1v) is 11.3. The second kappa shape index (κ2) is 9.81. The molecule has 9 heteroatoms. The molecule has 0 fully saturated rings. The number of carbonyl (C=O) groups excluding carboxylic acids is 2. The lowest BCUT2D eigenvalue weighted by Crippen LogP contribution is -2.30. The molecule has 1 heterocycles. The number of hydrogen-bond donors (Lipinski definition) is 2. The number of amides is 2. The summed E-state index contributed by atoms with van der Waals surface area (Å²) in [7, 11) is -3.60. The van der Waals surface area contributed by atoms with Gasteiger partial charge in [0.15, 0.2) is 0 Å². The predicted molar refractivity (Wildman–Crippen MR) is 111 cm³/mol. The fourth-order valence-corrected chi connectivity index (χ4v) is 4.73. The van der Waals surface area contributed by atoms with Crippen molar-refractivity contribution in [2.24, 2.45) is 0 Å². The van der Waals surface area contributed by atoms with E-state index in [0.717, 1.165) is 5.56 Å². The van der Waals surface area contributed by atoms with Crippen LogP contribution in [0.25, 0.3) is 0 Å². The smallest absolute Gasteiger partial charge is 0.261 e. The van der Waals surface area contributed by atoms with E-state index in [-0.39, 0.29) is 29.7 Å². The molecule has 0 spiro atoms. The molecule has 0 bridgehead atoms. The SMILES string of the molecule is CCN(CC)S(=O)(=O)c1ccc(C)c(NC(=O)CCNC(=O)c2cccs2)c1. The number of benzene rings is 1. The van der Waals surface area contributed by atoms with Gasteiger partial charge in [0.05, 0.1) is 9.77 Å². The summed E-state index contributed by atoms with van der Waals surface area (Å²) in [6, 6.07) is 8.19. The quantitative estimate of drug-likeness (QED) is 0.648. The number of nitrogens with zero attached hydrogens (tertiary/aromatic N) is 1. The first-order valence-electron chi connectivity index (χ1n) is 9.02. The maximum Gasteiger partial charge on any atom is 0.261 e. The topological polar surface area (TPSA) is 95.6 Å². The summed E-state index contributed by atoms with van der Waals surface area (Å²) in [6.45, 7) is 6.29. The van der Waals surface area contributed by atoms with E-state index >= 15 is 0 Å². The van der Waals surface area contributed by atoms with Crippen LogP contribution in [0.2, 0.25) is 0 Å². The van der Waals surface area contributed by atoms with Crippen LogP contribution in [0.3, 0.4) is 0 Å². The minimum atomic E-state index is -3.60. The zero-order valence-corrected chi connectivity index (χ0v) is 17.8. The Morgan fingerprint density at radius 2 is 1.86 bits per heavy atom. The summed E-state index contributed by atoms with van der Waals surface area (Å²) in [6.07, 6.45) is 0.0869. The van der Waals surface area contributed by atoms with Crippen molar-refractivity contribution in [2.45, 2.75) is 32.1 Å². The van der Waals surface area contributed by atoms with Crippen molar-refractivity contribution in [3.63, 3.8) is 0 Å². The summed E-state index contributed by atoms with van der Waals surface area (Å²) < 4.78 is 26.7. The third-order valence-corrected chi connectivity index (χ3v) is 7.12. The van der Waals surface area contributed by atoms with Gasteiger partial charge >= 0.3 is 0 Å². The molecule has 0 atom stereocenters. The van der Waals surface area contributed by atoms with E-state index in [1.165, 1.54) is 21.7 Å². The lowest BCUT2D eigenvalue weighted by atomic mass is 10.2. The van der Waals surface area contributed by atoms with Gasteiger partial charge in [-0.15, -0.1) is 11.3 Å². The van der Waals surface area contributed by atoms with E-state index in [4.69, 9.17) is 0 Å². The van der Waals surface area contributed by atoms with E-state index in [0.29, 0.717) is 23.7 Å². The van der Waals surface area contributed by atoms with Crippen LogP contribution in [0.5, 0.6) is 0 Å². The number of sulfonamides is 1. The van der Waals surface area contributed by atoms with Gasteiger partial charge in [0.1, 0.15) is 0 Å². The zero-order valence-electron chi connectivity index (χ0n) is 16.2. The normalized spacial score (nSPS) is 11.4. The maximum absolute atomic E-state index is 12.7. The minimum absolute atomic E-state index is 0.0869. The van der Waals surface area contributed by atoms with Crippen molar-refractivity contribution < 1.29 is 18.0 Å². The number of aryl methyl sites for hydroxylation is 1. The molecule has 0 unspecified atom stereocenters. The van der Waals surface area contributed by atoms with Gasteiger partial charge in [-0.2, -0.15) is 4.31 Å². The van der Waals surface area contributed by atoms with Crippen LogP contribution in [-0.4, -0.2) is 44.2 Å². The van der Waals surface area contributed by atoms with Crippen molar-refractivity contribution in [3.8, 4) is 0 Å². The summed E-state index contributed by atoms with van der Waals surface area (Å²) in [5.74, 6) is -0.515. The van der Waals surface area contributed by atoms with Crippen molar-refractivity contribution in [1.29, 1.82) is 0 Å². The van der Waals surface area contributed by atoms with Gasteiger partial charge in [0.2, 0.25) is 15.9 Å². The Kier molecular flexibility index (Phi) is 7.73. The van der Waals surface area contributed by atoms with Crippen LogP contribution in [0.1, 0.15) is 35.5 Å². The van der Waals surface area contributed by atoms with Crippen LogP contribution >= 0.6 is 11.3 Å². The average Bonchev–Trinajstić information content (AvgIpc) is 3.19. The monoisotopic (exact) mass is 423 g/mol. The number of thiophene rings is 1. The number of anilines is 1. The van der Waals surface area contributed by atoms with Gasteiger partial charge in [-0.1, -0.05) is 26.0 Å². The molecule has 2 amide bonds. The predicted octanol–water partition coefficient (Wildman–Crippen LogP) is 2.85. The van der Waals surface area contributed by atoms with Crippen LogP contribution in [-0.2, 0) is 14.8 Å². The van der Waals surface area contributed by atoms with Gasteiger partial charge in [0.25, 0.3) is 5.91 Å². The first kappa shape index (κ1) is 22.1. The molecular weight excluding hydrogens is 398 g/mol.